The average Bonchev–Trinajstić information content (AvgIpc) is 3.55. The minimum Gasteiger partial charge on any atom is -0.264 e. The van der Waals surface area contributed by atoms with Crippen LogP contribution in [0.2, 0.25) is 0 Å². The fraction of sp³-hybridized carbons (Fsp3) is 0.391. The van der Waals surface area contributed by atoms with Crippen LogP contribution in [0.1, 0.15) is 49.9 Å². The molecule has 5 rings (SSSR count). The smallest absolute Gasteiger partial charge is 0.264 e. The molecule has 0 N–H and O–H groups in total. The number of aromatic nitrogens is 3. The average molecular weight is 495 g/mol. The first kappa shape index (κ1) is 22.8. The summed E-state index contributed by atoms with van der Waals surface area (Å²) in [6, 6.07) is 4.87. The van der Waals surface area contributed by atoms with E-state index in [0.29, 0.717) is 29.4 Å². The third-order valence-electron chi connectivity index (χ3n) is 6.27. The van der Waals surface area contributed by atoms with Crippen molar-refractivity contribution < 1.29 is 26.0 Å². The van der Waals surface area contributed by atoms with E-state index in [1.54, 1.807) is 10.9 Å². The van der Waals surface area contributed by atoms with Crippen molar-refractivity contribution in [2.24, 2.45) is 5.92 Å². The number of sulfonamides is 1. The molecule has 6 nitrogen and oxygen atoms in total. The standard InChI is InChI=1S/C23H22F4N4O2S/c1-2-3-10-30-22-17-11-15(24)6-8-19(17)31(21(14-4-5-14)18(22)13-29-30)34(32,33)16-7-9-20(28-12-16)23(25,26)27/h6-9,11-14,21H,2-5,10H2,1H3. The van der Waals surface area contributed by atoms with Crippen molar-refractivity contribution in [3.63, 3.8) is 0 Å². The number of fused-ring (bicyclic) bond motifs is 3. The second-order valence-corrected chi connectivity index (χ2v) is 10.5. The van der Waals surface area contributed by atoms with E-state index < -0.39 is 33.8 Å². The summed E-state index contributed by atoms with van der Waals surface area (Å²) in [5, 5.41) is 4.49. The SMILES string of the molecule is CCCCn1ncc2c1-c1cc(F)ccc1N(S(=O)(=O)c1ccc(C(F)(F)F)nc1)C2C1CC1. The van der Waals surface area contributed by atoms with Gasteiger partial charge in [0, 0.05) is 23.9 Å². The number of unbranched alkanes of at least 4 members (excludes halogenated alkanes) is 1. The normalized spacial score (nSPS) is 18.0. The first-order valence-corrected chi connectivity index (χ1v) is 12.5. The van der Waals surface area contributed by atoms with Crippen LogP contribution < -0.4 is 4.31 Å². The zero-order valence-corrected chi connectivity index (χ0v) is 19.1. The number of rotatable bonds is 6. The summed E-state index contributed by atoms with van der Waals surface area (Å²) in [5.74, 6) is -0.496. The highest BCUT2D eigenvalue weighted by molar-refractivity contribution is 7.92. The van der Waals surface area contributed by atoms with Crippen LogP contribution in [0.3, 0.4) is 0 Å². The molecule has 1 aromatic carbocycles. The highest BCUT2D eigenvalue weighted by Crippen LogP contribution is 2.55. The van der Waals surface area contributed by atoms with Gasteiger partial charge in [0.15, 0.2) is 0 Å². The number of anilines is 1. The summed E-state index contributed by atoms with van der Waals surface area (Å²) in [7, 11) is -4.31. The van der Waals surface area contributed by atoms with Gasteiger partial charge in [-0.1, -0.05) is 13.3 Å². The Morgan fingerprint density at radius 2 is 1.88 bits per heavy atom. The minimum absolute atomic E-state index is 0.0259. The quantitative estimate of drug-likeness (QED) is 0.421. The number of benzene rings is 1. The third-order valence-corrected chi connectivity index (χ3v) is 8.04. The van der Waals surface area contributed by atoms with Crippen LogP contribution in [-0.4, -0.2) is 23.2 Å². The molecule has 3 heterocycles. The lowest BCUT2D eigenvalue weighted by Gasteiger charge is -2.38. The van der Waals surface area contributed by atoms with Crippen LogP contribution in [-0.2, 0) is 22.7 Å². The molecule has 180 valence electrons. The molecule has 0 spiro atoms. The predicted octanol–water partition coefficient (Wildman–Crippen LogP) is 5.56. The maximum atomic E-state index is 14.3. The van der Waals surface area contributed by atoms with Gasteiger partial charge in [-0.3, -0.25) is 14.0 Å². The molecule has 0 saturated heterocycles. The van der Waals surface area contributed by atoms with Gasteiger partial charge in [-0.2, -0.15) is 18.3 Å². The first-order chi connectivity index (χ1) is 16.1. The molecule has 0 amide bonds. The van der Waals surface area contributed by atoms with Gasteiger partial charge >= 0.3 is 6.18 Å². The minimum atomic E-state index is -4.68. The number of nitrogens with zero attached hydrogens (tertiary/aromatic N) is 4. The molecule has 2 aliphatic rings. The maximum Gasteiger partial charge on any atom is 0.433 e. The van der Waals surface area contributed by atoms with Crippen molar-refractivity contribution in [1.29, 1.82) is 0 Å². The van der Waals surface area contributed by atoms with Gasteiger partial charge in [0.25, 0.3) is 10.0 Å². The molecule has 11 heteroatoms. The van der Waals surface area contributed by atoms with E-state index >= 15 is 0 Å². The Balaban J connectivity index is 1.68. The van der Waals surface area contributed by atoms with Crippen LogP contribution in [0.15, 0.2) is 47.6 Å². The fourth-order valence-electron chi connectivity index (χ4n) is 4.50. The lowest BCUT2D eigenvalue weighted by Crippen LogP contribution is -2.39. The van der Waals surface area contributed by atoms with E-state index in [1.807, 2.05) is 6.92 Å². The van der Waals surface area contributed by atoms with Crippen molar-refractivity contribution in [2.75, 3.05) is 4.31 Å². The first-order valence-electron chi connectivity index (χ1n) is 11.1. The fourth-order valence-corrected chi connectivity index (χ4v) is 6.16. The summed E-state index contributed by atoms with van der Waals surface area (Å²) >= 11 is 0. The Bertz CT molecular complexity index is 1330. The van der Waals surface area contributed by atoms with Gasteiger partial charge in [-0.25, -0.2) is 12.8 Å². The molecule has 3 aromatic rings. The summed E-state index contributed by atoms with van der Waals surface area (Å²) in [6.45, 7) is 2.65. The van der Waals surface area contributed by atoms with Crippen molar-refractivity contribution in [2.45, 2.75) is 56.3 Å². The number of alkyl halides is 3. The van der Waals surface area contributed by atoms with Crippen LogP contribution in [0.25, 0.3) is 11.3 Å². The number of pyridine rings is 1. The van der Waals surface area contributed by atoms with E-state index in [-0.39, 0.29) is 16.5 Å². The van der Waals surface area contributed by atoms with Crippen LogP contribution in [0.5, 0.6) is 0 Å². The number of halogens is 4. The Kier molecular flexibility index (Phi) is 5.42. The Hall–Kier alpha value is -2.95. The zero-order chi connectivity index (χ0) is 24.3. The molecule has 0 bridgehead atoms. The van der Waals surface area contributed by atoms with Gasteiger partial charge in [0.05, 0.1) is 23.6 Å². The summed E-state index contributed by atoms with van der Waals surface area (Å²) in [5.41, 5.74) is 0.871. The second-order valence-electron chi connectivity index (χ2n) is 8.65. The monoisotopic (exact) mass is 494 g/mol. The molecule has 2 aromatic heterocycles. The highest BCUT2D eigenvalue weighted by Gasteiger charge is 2.48. The molecule has 1 fully saturated rings. The molecular weight excluding hydrogens is 472 g/mol. The Labute approximate surface area is 194 Å². The summed E-state index contributed by atoms with van der Waals surface area (Å²) in [6.07, 6.45) is 1.07. The van der Waals surface area contributed by atoms with Gasteiger partial charge < -0.3 is 0 Å². The molecule has 1 unspecified atom stereocenters. The van der Waals surface area contributed by atoms with Crippen LogP contribution >= 0.6 is 0 Å². The number of hydrogen-bond acceptors (Lipinski definition) is 4. The van der Waals surface area contributed by atoms with Gasteiger partial charge in [-0.05, 0) is 55.5 Å². The Morgan fingerprint density at radius 3 is 2.50 bits per heavy atom. The number of aryl methyl sites for hydroxylation is 1. The molecule has 1 atom stereocenters. The largest absolute Gasteiger partial charge is 0.433 e. The summed E-state index contributed by atoms with van der Waals surface area (Å²) < 4.78 is 83.9. The Morgan fingerprint density at radius 1 is 1.12 bits per heavy atom. The second kappa shape index (κ2) is 8.07. The van der Waals surface area contributed by atoms with E-state index in [9.17, 15) is 26.0 Å². The van der Waals surface area contributed by atoms with Crippen molar-refractivity contribution in [1.82, 2.24) is 14.8 Å². The lowest BCUT2D eigenvalue weighted by atomic mass is 9.93. The van der Waals surface area contributed by atoms with Crippen molar-refractivity contribution >= 4 is 15.7 Å². The third kappa shape index (κ3) is 3.75. The van der Waals surface area contributed by atoms with E-state index in [2.05, 4.69) is 10.1 Å². The number of hydrogen-bond donors (Lipinski definition) is 0. The summed E-state index contributed by atoms with van der Waals surface area (Å²) in [4.78, 5) is 2.98. The van der Waals surface area contributed by atoms with Crippen LogP contribution in [0, 0.1) is 11.7 Å². The van der Waals surface area contributed by atoms with E-state index in [0.717, 1.165) is 37.9 Å². The predicted molar refractivity (Wildman–Crippen MR) is 117 cm³/mol. The lowest BCUT2D eigenvalue weighted by molar-refractivity contribution is -0.141. The van der Waals surface area contributed by atoms with Gasteiger partial charge in [0.2, 0.25) is 0 Å². The van der Waals surface area contributed by atoms with Gasteiger partial charge in [0.1, 0.15) is 16.4 Å². The van der Waals surface area contributed by atoms with E-state index in [1.165, 1.54) is 22.5 Å². The molecule has 1 aliphatic heterocycles. The van der Waals surface area contributed by atoms with Crippen molar-refractivity contribution in [3.8, 4) is 11.3 Å². The molecular formula is C23H22F4N4O2S. The zero-order valence-electron chi connectivity index (χ0n) is 18.3. The van der Waals surface area contributed by atoms with Crippen LogP contribution in [0.4, 0.5) is 23.2 Å². The molecule has 1 aliphatic carbocycles. The van der Waals surface area contributed by atoms with E-state index in [4.69, 9.17) is 0 Å². The van der Waals surface area contributed by atoms with Crippen molar-refractivity contribution in [3.05, 3.63) is 59.8 Å². The molecule has 1 saturated carbocycles. The highest BCUT2D eigenvalue weighted by atomic mass is 32.2. The maximum absolute atomic E-state index is 14.3. The topological polar surface area (TPSA) is 68.1 Å². The molecule has 34 heavy (non-hydrogen) atoms. The van der Waals surface area contributed by atoms with Gasteiger partial charge in [-0.15, -0.1) is 0 Å². The molecule has 0 radical (unpaired) electrons.